The summed E-state index contributed by atoms with van der Waals surface area (Å²) in [6.45, 7) is 6.01. The molecule has 0 amide bonds. The van der Waals surface area contributed by atoms with Crippen LogP contribution in [0.4, 0.5) is 4.39 Å². The average molecular weight is 452 g/mol. The summed E-state index contributed by atoms with van der Waals surface area (Å²) in [6.07, 6.45) is 10.6. The van der Waals surface area contributed by atoms with E-state index in [2.05, 4.69) is 29.2 Å². The Hall–Kier alpha value is -2.38. The van der Waals surface area contributed by atoms with Gasteiger partial charge in [0, 0.05) is 50.6 Å². The van der Waals surface area contributed by atoms with E-state index in [1.165, 1.54) is 25.7 Å². The Morgan fingerprint density at radius 1 is 1.12 bits per heavy atom. The van der Waals surface area contributed by atoms with Gasteiger partial charge in [-0.25, -0.2) is 14.8 Å². The highest BCUT2D eigenvalue weighted by Gasteiger charge is 2.34. The Labute approximate surface area is 195 Å². The van der Waals surface area contributed by atoms with Gasteiger partial charge in [-0.3, -0.25) is 9.91 Å². The van der Waals surface area contributed by atoms with Crippen LogP contribution in [0.15, 0.2) is 41.3 Å². The molecule has 8 bridgehead atoms. The van der Waals surface area contributed by atoms with Gasteiger partial charge in [0.15, 0.2) is 5.82 Å². The Bertz CT molecular complexity index is 1020. The molecule has 6 nitrogen and oxygen atoms in total. The normalized spacial score (nSPS) is 33.7. The third kappa shape index (κ3) is 4.06. The number of hydrogen-bond acceptors (Lipinski definition) is 6. The number of benzene rings is 1. The number of ether oxygens (including phenoxy) is 1. The third-order valence-corrected chi connectivity index (χ3v) is 7.97. The zero-order valence-electron chi connectivity index (χ0n) is 19.6. The van der Waals surface area contributed by atoms with Gasteiger partial charge in [0.2, 0.25) is 0 Å². The number of fused-ring (bicyclic) bond motifs is 7. The number of rotatable bonds is 0. The molecule has 2 fully saturated rings. The van der Waals surface area contributed by atoms with Crippen molar-refractivity contribution in [2.24, 2.45) is 16.8 Å². The van der Waals surface area contributed by atoms with Crippen LogP contribution in [0.5, 0.6) is 5.75 Å². The maximum absolute atomic E-state index is 15.1. The summed E-state index contributed by atoms with van der Waals surface area (Å²) < 4.78 is 21.7. The van der Waals surface area contributed by atoms with Crippen LogP contribution in [0.2, 0.25) is 0 Å². The van der Waals surface area contributed by atoms with Gasteiger partial charge in [-0.1, -0.05) is 12.8 Å². The van der Waals surface area contributed by atoms with Crippen molar-refractivity contribution in [3.63, 3.8) is 0 Å². The van der Waals surface area contributed by atoms with Crippen LogP contribution in [0, 0.1) is 17.7 Å². The maximum Gasteiger partial charge on any atom is 0.154 e. The third-order valence-electron chi connectivity index (χ3n) is 7.97. The first-order valence-corrected chi connectivity index (χ1v) is 12.5. The van der Waals surface area contributed by atoms with E-state index >= 15 is 4.39 Å². The van der Waals surface area contributed by atoms with Crippen molar-refractivity contribution >= 4 is 11.4 Å². The number of likely N-dealkylation sites (N-methyl/N-ethyl adjacent to an activating group) is 1. The van der Waals surface area contributed by atoms with E-state index < -0.39 is 0 Å². The molecule has 3 unspecified atom stereocenters. The topological polar surface area (TPSA) is 43.3 Å². The van der Waals surface area contributed by atoms with Crippen molar-refractivity contribution in [3.05, 3.63) is 47.7 Å². The molecule has 1 aliphatic carbocycles. The summed E-state index contributed by atoms with van der Waals surface area (Å²) in [5.41, 5.74) is 4.84. The van der Waals surface area contributed by atoms with Crippen LogP contribution in [0.3, 0.4) is 0 Å². The highest BCUT2D eigenvalue weighted by atomic mass is 19.1. The van der Waals surface area contributed by atoms with E-state index in [9.17, 15) is 0 Å². The zero-order chi connectivity index (χ0) is 22.5. The van der Waals surface area contributed by atoms with Crippen molar-refractivity contribution in [1.82, 2.24) is 20.2 Å². The van der Waals surface area contributed by atoms with Crippen LogP contribution in [0.1, 0.15) is 44.6 Å². The number of nitrogens with one attached hydrogen (secondary N) is 1. The zero-order valence-corrected chi connectivity index (χ0v) is 19.6. The SMILES string of the molecule is CC1NN2C=CC3=NC2=C1c1cc(ccc1F)O[C@H]1CC2CCC[C@H](C2)CN(CCN3C)C1. The fourth-order valence-electron chi connectivity index (χ4n) is 6.35. The summed E-state index contributed by atoms with van der Waals surface area (Å²) in [5.74, 6) is 3.75. The minimum absolute atomic E-state index is 0.0493. The van der Waals surface area contributed by atoms with Crippen molar-refractivity contribution in [1.29, 1.82) is 0 Å². The lowest BCUT2D eigenvalue weighted by atomic mass is 9.77. The highest BCUT2D eigenvalue weighted by molar-refractivity contribution is 5.95. The van der Waals surface area contributed by atoms with Gasteiger partial charge in [0.25, 0.3) is 0 Å². The first-order valence-electron chi connectivity index (χ1n) is 12.5. The van der Waals surface area contributed by atoms with Gasteiger partial charge < -0.3 is 9.64 Å². The lowest BCUT2D eigenvalue weighted by molar-refractivity contribution is 0.0537. The smallest absolute Gasteiger partial charge is 0.154 e. The van der Waals surface area contributed by atoms with E-state index in [1.54, 1.807) is 12.1 Å². The second kappa shape index (κ2) is 8.44. The molecule has 0 aromatic heterocycles. The summed E-state index contributed by atoms with van der Waals surface area (Å²) in [4.78, 5) is 9.77. The highest BCUT2D eigenvalue weighted by Crippen LogP contribution is 2.38. The summed E-state index contributed by atoms with van der Waals surface area (Å²) in [5, 5.41) is 1.91. The van der Waals surface area contributed by atoms with Crippen LogP contribution in [-0.2, 0) is 0 Å². The quantitative estimate of drug-likeness (QED) is 0.649. The first kappa shape index (κ1) is 21.2. The lowest BCUT2D eigenvalue weighted by Crippen LogP contribution is -2.46. The standard InChI is InChI=1S/C26H34FN5O/c1-17-25-22-14-20(6-7-23(22)27)33-21-13-18-4-3-5-19(12-18)15-31(16-21)11-10-30(2)24-8-9-32(29-17)26(25)28-24/h6-9,14,17-19,21,29H,3-5,10-13,15-16H2,1-2H3/t17?,18?,19-,21+/m1/s1. The minimum atomic E-state index is -0.235. The number of aliphatic imine (C=N–C) groups is 1. The van der Waals surface area contributed by atoms with Crippen molar-refractivity contribution in [2.75, 3.05) is 33.2 Å². The molecular formula is C26H34FN5O. The van der Waals surface area contributed by atoms with Crippen LogP contribution >= 0.6 is 0 Å². The summed E-state index contributed by atoms with van der Waals surface area (Å²) >= 11 is 0. The van der Waals surface area contributed by atoms with Crippen molar-refractivity contribution in [3.8, 4) is 5.75 Å². The molecule has 1 saturated heterocycles. The Morgan fingerprint density at radius 2 is 2.00 bits per heavy atom. The molecule has 1 aromatic carbocycles. The molecule has 4 aliphatic heterocycles. The van der Waals surface area contributed by atoms with Crippen LogP contribution in [-0.4, -0.2) is 66.0 Å². The maximum atomic E-state index is 15.1. The number of halogens is 1. The van der Waals surface area contributed by atoms with Crippen molar-refractivity contribution < 1.29 is 9.13 Å². The molecule has 1 N–H and O–H groups in total. The molecule has 176 valence electrons. The Morgan fingerprint density at radius 3 is 2.91 bits per heavy atom. The van der Waals surface area contributed by atoms with Crippen LogP contribution < -0.4 is 10.2 Å². The predicted octanol–water partition coefficient (Wildman–Crippen LogP) is 3.83. The fourth-order valence-corrected chi connectivity index (χ4v) is 6.35. The Kier molecular flexibility index (Phi) is 5.41. The lowest BCUT2D eigenvalue weighted by Gasteiger charge is -2.40. The van der Waals surface area contributed by atoms with Gasteiger partial charge in [-0.15, -0.1) is 0 Å². The molecule has 1 saturated carbocycles. The van der Waals surface area contributed by atoms with E-state index in [4.69, 9.17) is 9.73 Å². The number of hydrazine groups is 1. The molecule has 1 aromatic rings. The van der Waals surface area contributed by atoms with E-state index in [0.717, 1.165) is 67.4 Å². The average Bonchev–Trinajstić information content (AvgIpc) is 3.12. The van der Waals surface area contributed by atoms with Gasteiger partial charge in [-0.2, -0.15) is 0 Å². The fraction of sp³-hybridized carbons (Fsp3) is 0.577. The van der Waals surface area contributed by atoms with Gasteiger partial charge in [0.05, 0.1) is 6.04 Å². The van der Waals surface area contributed by atoms with E-state index in [-0.39, 0.29) is 18.0 Å². The molecule has 4 heterocycles. The monoisotopic (exact) mass is 451 g/mol. The second-order valence-electron chi connectivity index (χ2n) is 10.4. The first-order chi connectivity index (χ1) is 16.0. The van der Waals surface area contributed by atoms with Gasteiger partial charge in [-0.05, 0) is 62.3 Å². The Balaban J connectivity index is 1.43. The van der Waals surface area contributed by atoms with E-state index in [1.807, 2.05) is 23.4 Å². The predicted molar refractivity (Wildman–Crippen MR) is 128 cm³/mol. The minimum Gasteiger partial charge on any atom is -0.489 e. The van der Waals surface area contributed by atoms with Crippen LogP contribution in [0.25, 0.3) is 5.57 Å². The largest absolute Gasteiger partial charge is 0.489 e. The number of hydrogen-bond donors (Lipinski definition) is 1. The van der Waals surface area contributed by atoms with Gasteiger partial charge >= 0.3 is 0 Å². The summed E-state index contributed by atoms with van der Waals surface area (Å²) in [7, 11) is 2.10. The molecule has 0 radical (unpaired) electrons. The molecule has 6 rings (SSSR count). The second-order valence-corrected chi connectivity index (χ2v) is 10.4. The molecule has 5 atom stereocenters. The molecule has 7 heteroatoms. The molecular weight excluding hydrogens is 417 g/mol. The molecule has 5 aliphatic rings. The summed E-state index contributed by atoms with van der Waals surface area (Å²) in [6, 6.07) is 5.17. The van der Waals surface area contributed by atoms with Gasteiger partial charge in [0.1, 0.15) is 23.5 Å². The molecule has 0 spiro atoms. The number of amidine groups is 1. The molecule has 33 heavy (non-hydrogen) atoms. The number of nitrogens with zero attached hydrogens (tertiary/aromatic N) is 4. The van der Waals surface area contributed by atoms with E-state index in [0.29, 0.717) is 5.56 Å². The van der Waals surface area contributed by atoms with Crippen molar-refractivity contribution in [2.45, 2.75) is 51.2 Å².